The molecule has 5 nitrogen and oxygen atoms in total. The van der Waals surface area contributed by atoms with Gasteiger partial charge >= 0.3 is 0 Å². The molecule has 1 unspecified atom stereocenters. The van der Waals surface area contributed by atoms with Crippen LogP contribution in [0.2, 0.25) is 0 Å². The van der Waals surface area contributed by atoms with Crippen LogP contribution in [0.25, 0.3) is 0 Å². The number of amidine groups is 1. The van der Waals surface area contributed by atoms with Crippen molar-refractivity contribution in [1.29, 1.82) is 5.26 Å². The van der Waals surface area contributed by atoms with E-state index in [1.807, 2.05) is 50.6 Å². The van der Waals surface area contributed by atoms with Crippen molar-refractivity contribution >= 4 is 33.4 Å². The van der Waals surface area contributed by atoms with Gasteiger partial charge < -0.3 is 4.74 Å². The van der Waals surface area contributed by atoms with Gasteiger partial charge in [-0.2, -0.15) is 5.26 Å². The van der Waals surface area contributed by atoms with Gasteiger partial charge in [0.05, 0.1) is 5.69 Å². The number of ether oxygens (including phenoxy) is 1. The van der Waals surface area contributed by atoms with E-state index in [9.17, 15) is 4.21 Å². The quantitative estimate of drug-likeness (QED) is 0.375. The largest absolute Gasteiger partial charge is 0.457 e. The Morgan fingerprint density at radius 1 is 1.24 bits per heavy atom. The highest BCUT2D eigenvalue weighted by Gasteiger charge is 2.09. The third kappa shape index (κ3) is 5.08. The molecule has 0 saturated carbocycles. The molecule has 0 spiro atoms. The molecule has 0 bridgehead atoms. The summed E-state index contributed by atoms with van der Waals surface area (Å²) < 4.78 is 17.4. The molecule has 130 valence electrons. The number of hydrogen-bond donors (Lipinski definition) is 1. The average Bonchev–Trinajstić information content (AvgIpc) is 2.58. The number of rotatable bonds is 4. The summed E-state index contributed by atoms with van der Waals surface area (Å²) in [5, 5.41) is 11.8. The van der Waals surface area contributed by atoms with Crippen molar-refractivity contribution in [3.05, 3.63) is 47.5 Å². The summed E-state index contributed by atoms with van der Waals surface area (Å²) in [5.74, 6) is 1.45. The summed E-state index contributed by atoms with van der Waals surface area (Å²) in [4.78, 5) is 5.19. The van der Waals surface area contributed by atoms with E-state index in [1.54, 1.807) is 18.4 Å². The number of nitriles is 1. The minimum Gasteiger partial charge on any atom is -0.457 e. The van der Waals surface area contributed by atoms with Crippen LogP contribution >= 0.6 is 11.8 Å². The van der Waals surface area contributed by atoms with E-state index in [-0.39, 0.29) is 0 Å². The van der Waals surface area contributed by atoms with Crippen LogP contribution in [-0.2, 0) is 10.8 Å². The molecular weight excluding hydrogens is 354 g/mol. The molecular formula is C18H19N3O2S2. The topological polar surface area (TPSA) is 74.5 Å². The van der Waals surface area contributed by atoms with Gasteiger partial charge in [-0.15, -0.1) is 0 Å². The van der Waals surface area contributed by atoms with Gasteiger partial charge in [0, 0.05) is 22.0 Å². The summed E-state index contributed by atoms with van der Waals surface area (Å²) in [7, 11) is -1.01. The maximum absolute atomic E-state index is 11.5. The first kappa shape index (κ1) is 19.0. The molecule has 0 aromatic heterocycles. The standard InChI is InChI=1S/C18H19N3O2S2/c1-12-9-14(21-18(24-3)20-11-19)10-13(2)17(12)23-15-5-7-16(8-6-15)25(4)22/h5-10H,1-4H3,(H,20,21). The predicted molar refractivity (Wildman–Crippen MR) is 104 cm³/mol. The lowest BCUT2D eigenvalue weighted by Gasteiger charge is -2.13. The number of nitrogens with zero attached hydrogens (tertiary/aromatic N) is 2. The summed E-state index contributed by atoms with van der Waals surface area (Å²) in [6.45, 7) is 3.90. The maximum Gasteiger partial charge on any atom is 0.183 e. The minimum atomic E-state index is -1.01. The molecule has 0 amide bonds. The van der Waals surface area contributed by atoms with Crippen LogP contribution in [0.1, 0.15) is 11.1 Å². The first-order valence-electron chi connectivity index (χ1n) is 7.45. The lowest BCUT2D eigenvalue weighted by molar-refractivity contribution is 0.475. The van der Waals surface area contributed by atoms with Crippen LogP contribution in [0.4, 0.5) is 5.69 Å². The van der Waals surface area contributed by atoms with Crippen molar-refractivity contribution in [3.8, 4) is 17.7 Å². The molecule has 0 aliphatic rings. The summed E-state index contributed by atoms with van der Waals surface area (Å²) in [5.41, 5.74) is 2.64. The number of thioether (sulfide) groups is 1. The molecule has 0 saturated heterocycles. The Balaban J connectivity index is 2.28. The Hall–Kier alpha value is -2.30. The lowest BCUT2D eigenvalue weighted by Crippen LogP contribution is -2.12. The molecule has 2 aromatic carbocycles. The predicted octanol–water partition coefficient (Wildman–Crippen LogP) is 4.25. The van der Waals surface area contributed by atoms with Crippen molar-refractivity contribution in [2.75, 3.05) is 12.5 Å². The Labute approximate surface area is 154 Å². The molecule has 0 fully saturated rings. The monoisotopic (exact) mass is 373 g/mol. The van der Waals surface area contributed by atoms with Gasteiger partial charge in [-0.05, 0) is 67.6 Å². The van der Waals surface area contributed by atoms with Crippen molar-refractivity contribution in [2.24, 2.45) is 4.99 Å². The molecule has 25 heavy (non-hydrogen) atoms. The third-order valence-corrected chi connectivity index (χ3v) is 4.92. The molecule has 0 radical (unpaired) electrons. The Morgan fingerprint density at radius 3 is 2.32 bits per heavy atom. The maximum atomic E-state index is 11.5. The fourth-order valence-electron chi connectivity index (χ4n) is 2.26. The zero-order valence-corrected chi connectivity index (χ0v) is 16.1. The molecule has 0 aliphatic carbocycles. The average molecular weight is 374 g/mol. The van der Waals surface area contributed by atoms with Gasteiger partial charge in [-0.25, -0.2) is 4.99 Å². The molecule has 7 heteroatoms. The van der Waals surface area contributed by atoms with Gasteiger partial charge in [-0.1, -0.05) is 11.8 Å². The van der Waals surface area contributed by atoms with Crippen LogP contribution < -0.4 is 10.1 Å². The zero-order chi connectivity index (χ0) is 18.4. The highest BCUT2D eigenvalue weighted by molar-refractivity contribution is 8.13. The molecule has 2 aromatic rings. The van der Waals surface area contributed by atoms with Crippen LogP contribution in [0.3, 0.4) is 0 Å². The van der Waals surface area contributed by atoms with E-state index in [4.69, 9.17) is 10.00 Å². The van der Waals surface area contributed by atoms with E-state index in [1.165, 1.54) is 11.8 Å². The molecule has 0 heterocycles. The Bertz CT molecular complexity index is 833. The highest BCUT2D eigenvalue weighted by Crippen LogP contribution is 2.33. The molecule has 1 atom stereocenters. The number of aryl methyl sites for hydroxylation is 2. The molecule has 2 rings (SSSR count). The number of aliphatic imine (C=N–C) groups is 1. The van der Waals surface area contributed by atoms with Gasteiger partial charge in [0.15, 0.2) is 11.4 Å². The third-order valence-electron chi connectivity index (χ3n) is 3.41. The van der Waals surface area contributed by atoms with Gasteiger partial charge in [-0.3, -0.25) is 9.53 Å². The Morgan fingerprint density at radius 2 is 1.84 bits per heavy atom. The van der Waals surface area contributed by atoms with E-state index in [0.29, 0.717) is 10.9 Å². The normalized spacial score (nSPS) is 12.4. The van der Waals surface area contributed by atoms with Crippen LogP contribution in [0.15, 0.2) is 46.3 Å². The molecule has 0 aliphatic heterocycles. The van der Waals surface area contributed by atoms with Crippen molar-refractivity contribution < 1.29 is 8.95 Å². The number of nitrogens with one attached hydrogen (secondary N) is 1. The SMILES string of the molecule is CSC(=Nc1cc(C)c(Oc2ccc(S(C)=O)cc2)c(C)c1)NC#N. The Kier molecular flexibility index (Phi) is 6.62. The summed E-state index contributed by atoms with van der Waals surface area (Å²) >= 11 is 1.37. The highest BCUT2D eigenvalue weighted by atomic mass is 32.2. The fraction of sp³-hybridized carbons (Fsp3) is 0.222. The smallest absolute Gasteiger partial charge is 0.183 e. The van der Waals surface area contributed by atoms with Gasteiger partial charge in [0.25, 0.3) is 0 Å². The summed E-state index contributed by atoms with van der Waals surface area (Å²) in [6.07, 6.45) is 5.38. The second kappa shape index (κ2) is 8.70. The van der Waals surface area contributed by atoms with Crippen LogP contribution in [0, 0.1) is 25.3 Å². The first-order chi connectivity index (χ1) is 11.9. The number of benzene rings is 2. The van der Waals surface area contributed by atoms with E-state index in [2.05, 4.69) is 10.3 Å². The minimum absolute atomic E-state index is 0.540. The fourth-order valence-corrected chi connectivity index (χ4v) is 3.12. The van der Waals surface area contributed by atoms with Crippen molar-refractivity contribution in [1.82, 2.24) is 5.32 Å². The second-order valence-electron chi connectivity index (χ2n) is 5.29. The van der Waals surface area contributed by atoms with Crippen molar-refractivity contribution in [3.63, 3.8) is 0 Å². The zero-order valence-electron chi connectivity index (χ0n) is 14.5. The van der Waals surface area contributed by atoms with E-state index < -0.39 is 10.8 Å². The van der Waals surface area contributed by atoms with Crippen LogP contribution in [0.5, 0.6) is 11.5 Å². The van der Waals surface area contributed by atoms with Crippen LogP contribution in [-0.4, -0.2) is 21.9 Å². The van der Waals surface area contributed by atoms with Gasteiger partial charge in [0.2, 0.25) is 0 Å². The number of hydrogen-bond acceptors (Lipinski definition) is 5. The first-order valence-corrected chi connectivity index (χ1v) is 10.2. The summed E-state index contributed by atoms with van der Waals surface area (Å²) in [6, 6.07) is 11.0. The second-order valence-corrected chi connectivity index (χ2v) is 7.47. The molecule has 1 N–H and O–H groups in total. The lowest BCUT2D eigenvalue weighted by atomic mass is 10.1. The van der Waals surface area contributed by atoms with E-state index >= 15 is 0 Å². The van der Waals surface area contributed by atoms with E-state index in [0.717, 1.165) is 27.5 Å². The van der Waals surface area contributed by atoms with Crippen molar-refractivity contribution in [2.45, 2.75) is 18.7 Å². The van der Waals surface area contributed by atoms with Gasteiger partial charge in [0.1, 0.15) is 11.5 Å².